The Labute approximate surface area is 153 Å². The molecule has 0 spiro atoms. The number of hydrogen-bond donors (Lipinski definition) is 2. The topological polar surface area (TPSA) is 66.9 Å². The highest BCUT2D eigenvalue weighted by molar-refractivity contribution is 6.03. The molecule has 132 valence electrons. The van der Waals surface area contributed by atoms with Crippen molar-refractivity contribution in [1.82, 2.24) is 9.97 Å². The van der Waals surface area contributed by atoms with Gasteiger partial charge in [0.25, 0.3) is 5.91 Å². The lowest BCUT2D eigenvalue weighted by atomic mass is 10.0. The van der Waals surface area contributed by atoms with Crippen LogP contribution in [0.5, 0.6) is 0 Å². The molecular formula is C21H22N4O. The Morgan fingerprint density at radius 3 is 2.38 bits per heavy atom. The van der Waals surface area contributed by atoms with Crippen molar-refractivity contribution < 1.29 is 4.79 Å². The minimum Gasteiger partial charge on any atom is -0.324 e. The zero-order valence-electron chi connectivity index (χ0n) is 15.2. The van der Waals surface area contributed by atoms with Crippen LogP contribution in [0.1, 0.15) is 41.4 Å². The molecule has 0 aliphatic heterocycles. The summed E-state index contributed by atoms with van der Waals surface area (Å²) in [5, 5.41) is 6.11. The van der Waals surface area contributed by atoms with Crippen LogP contribution in [-0.4, -0.2) is 15.9 Å². The number of benzene rings is 2. The van der Waals surface area contributed by atoms with Crippen LogP contribution in [0.4, 0.5) is 17.3 Å². The van der Waals surface area contributed by atoms with Gasteiger partial charge in [-0.15, -0.1) is 0 Å². The summed E-state index contributed by atoms with van der Waals surface area (Å²) < 4.78 is 0. The second-order valence-electron chi connectivity index (χ2n) is 6.40. The summed E-state index contributed by atoms with van der Waals surface area (Å²) >= 11 is 0. The Bertz CT molecular complexity index is 921. The first-order chi connectivity index (χ1) is 12.5. The van der Waals surface area contributed by atoms with Crippen molar-refractivity contribution in [3.05, 3.63) is 77.6 Å². The maximum atomic E-state index is 12.6. The first kappa shape index (κ1) is 17.6. The van der Waals surface area contributed by atoms with E-state index < -0.39 is 0 Å². The molecule has 2 aromatic carbocycles. The predicted molar refractivity (Wildman–Crippen MR) is 105 cm³/mol. The quantitative estimate of drug-likeness (QED) is 0.689. The highest BCUT2D eigenvalue weighted by Crippen LogP contribution is 2.24. The molecule has 0 unspecified atom stereocenters. The van der Waals surface area contributed by atoms with Crippen molar-refractivity contribution in [2.75, 3.05) is 10.6 Å². The van der Waals surface area contributed by atoms with Gasteiger partial charge in [0.2, 0.25) is 5.95 Å². The van der Waals surface area contributed by atoms with Gasteiger partial charge in [0, 0.05) is 17.6 Å². The van der Waals surface area contributed by atoms with Crippen LogP contribution >= 0.6 is 0 Å². The molecule has 5 heteroatoms. The van der Waals surface area contributed by atoms with Crippen LogP contribution in [0.3, 0.4) is 0 Å². The van der Waals surface area contributed by atoms with Gasteiger partial charge < -0.3 is 10.6 Å². The smallest absolute Gasteiger partial charge is 0.274 e. The van der Waals surface area contributed by atoms with Gasteiger partial charge in [0.1, 0.15) is 5.69 Å². The molecule has 2 N–H and O–H groups in total. The average molecular weight is 346 g/mol. The minimum atomic E-state index is -0.256. The standard InChI is InChI=1S/C21H22N4O/c1-14(2)16-9-5-7-11-18(16)23-20(26)19-12-13-22-21(25-19)24-17-10-6-4-8-15(17)3/h4-14H,1-3H3,(H,23,26)(H,22,24,25). The number of aromatic nitrogens is 2. The summed E-state index contributed by atoms with van der Waals surface area (Å²) in [6.07, 6.45) is 1.58. The summed E-state index contributed by atoms with van der Waals surface area (Å²) in [5.74, 6) is 0.451. The Morgan fingerprint density at radius 2 is 1.65 bits per heavy atom. The van der Waals surface area contributed by atoms with Gasteiger partial charge in [-0.3, -0.25) is 4.79 Å². The number of carbonyl (C=O) groups is 1. The molecule has 3 rings (SSSR count). The molecule has 0 bridgehead atoms. The van der Waals surface area contributed by atoms with E-state index in [9.17, 15) is 4.79 Å². The molecule has 1 aromatic heterocycles. The fourth-order valence-corrected chi connectivity index (χ4v) is 2.68. The molecule has 0 aliphatic carbocycles. The number of hydrogen-bond acceptors (Lipinski definition) is 4. The van der Waals surface area contributed by atoms with E-state index in [2.05, 4.69) is 34.4 Å². The minimum absolute atomic E-state index is 0.256. The van der Waals surface area contributed by atoms with Crippen LogP contribution in [0.15, 0.2) is 60.8 Å². The van der Waals surface area contributed by atoms with Crippen molar-refractivity contribution in [2.24, 2.45) is 0 Å². The molecule has 1 heterocycles. The van der Waals surface area contributed by atoms with Crippen molar-refractivity contribution in [2.45, 2.75) is 26.7 Å². The molecule has 0 radical (unpaired) electrons. The van der Waals surface area contributed by atoms with E-state index in [0.717, 1.165) is 22.5 Å². The van der Waals surface area contributed by atoms with Crippen LogP contribution in [-0.2, 0) is 0 Å². The van der Waals surface area contributed by atoms with Crippen molar-refractivity contribution in [1.29, 1.82) is 0 Å². The first-order valence-electron chi connectivity index (χ1n) is 8.60. The Hall–Kier alpha value is -3.21. The fraction of sp³-hybridized carbons (Fsp3) is 0.190. The van der Waals surface area contributed by atoms with E-state index in [1.165, 1.54) is 0 Å². The van der Waals surface area contributed by atoms with Crippen molar-refractivity contribution >= 4 is 23.2 Å². The number of rotatable bonds is 5. The summed E-state index contributed by atoms with van der Waals surface area (Å²) in [4.78, 5) is 21.2. The lowest BCUT2D eigenvalue weighted by Gasteiger charge is -2.13. The maximum Gasteiger partial charge on any atom is 0.274 e. The molecular weight excluding hydrogens is 324 g/mol. The number of anilines is 3. The average Bonchev–Trinajstić information content (AvgIpc) is 2.64. The van der Waals surface area contributed by atoms with Gasteiger partial charge in [-0.1, -0.05) is 50.2 Å². The van der Waals surface area contributed by atoms with Crippen molar-refractivity contribution in [3.63, 3.8) is 0 Å². The summed E-state index contributed by atoms with van der Waals surface area (Å²) in [7, 11) is 0. The molecule has 5 nitrogen and oxygen atoms in total. The molecule has 0 saturated heterocycles. The van der Waals surface area contributed by atoms with Crippen molar-refractivity contribution in [3.8, 4) is 0 Å². The lowest BCUT2D eigenvalue weighted by Crippen LogP contribution is -2.16. The zero-order chi connectivity index (χ0) is 18.5. The molecule has 1 amide bonds. The molecule has 3 aromatic rings. The number of para-hydroxylation sites is 2. The number of aryl methyl sites for hydroxylation is 1. The monoisotopic (exact) mass is 346 g/mol. The first-order valence-corrected chi connectivity index (χ1v) is 8.60. The molecule has 0 fully saturated rings. The van der Waals surface area contributed by atoms with Gasteiger partial charge in [0.15, 0.2) is 0 Å². The fourth-order valence-electron chi connectivity index (χ4n) is 2.68. The van der Waals surface area contributed by atoms with Crippen LogP contribution in [0, 0.1) is 6.92 Å². The summed E-state index contributed by atoms with van der Waals surface area (Å²) in [6.45, 7) is 6.20. The second-order valence-corrected chi connectivity index (χ2v) is 6.40. The van der Waals surface area contributed by atoms with E-state index in [-0.39, 0.29) is 5.91 Å². The van der Waals surface area contributed by atoms with Crippen LogP contribution in [0.25, 0.3) is 0 Å². The van der Waals surface area contributed by atoms with Gasteiger partial charge in [-0.05, 0) is 42.2 Å². The second kappa shape index (κ2) is 7.78. The predicted octanol–water partition coefficient (Wildman–Crippen LogP) is 4.90. The third kappa shape index (κ3) is 4.06. The summed E-state index contributed by atoms with van der Waals surface area (Å²) in [6, 6.07) is 17.3. The van der Waals surface area contributed by atoms with E-state index >= 15 is 0 Å². The maximum absolute atomic E-state index is 12.6. The van der Waals surface area contributed by atoms with E-state index in [0.29, 0.717) is 17.6 Å². The largest absolute Gasteiger partial charge is 0.324 e. The van der Waals surface area contributed by atoms with Gasteiger partial charge >= 0.3 is 0 Å². The SMILES string of the molecule is Cc1ccccc1Nc1nccc(C(=O)Nc2ccccc2C(C)C)n1. The molecule has 0 aliphatic rings. The highest BCUT2D eigenvalue weighted by atomic mass is 16.1. The number of nitrogens with one attached hydrogen (secondary N) is 2. The molecule has 26 heavy (non-hydrogen) atoms. The molecule has 0 saturated carbocycles. The zero-order valence-corrected chi connectivity index (χ0v) is 15.2. The number of carbonyl (C=O) groups excluding carboxylic acids is 1. The van der Waals surface area contributed by atoms with Crippen LogP contribution < -0.4 is 10.6 Å². The Balaban J connectivity index is 1.80. The van der Waals surface area contributed by atoms with Crippen LogP contribution in [0.2, 0.25) is 0 Å². The third-order valence-corrected chi connectivity index (χ3v) is 4.11. The molecule has 0 atom stereocenters. The summed E-state index contributed by atoms with van der Waals surface area (Å²) in [5.41, 5.74) is 4.20. The lowest BCUT2D eigenvalue weighted by molar-refractivity contribution is 0.102. The van der Waals surface area contributed by atoms with Gasteiger partial charge in [0.05, 0.1) is 0 Å². The highest BCUT2D eigenvalue weighted by Gasteiger charge is 2.13. The van der Waals surface area contributed by atoms with Gasteiger partial charge in [-0.2, -0.15) is 0 Å². The number of amides is 1. The van der Waals surface area contributed by atoms with E-state index in [1.807, 2.05) is 55.5 Å². The van der Waals surface area contributed by atoms with E-state index in [1.54, 1.807) is 12.3 Å². The Morgan fingerprint density at radius 1 is 0.962 bits per heavy atom. The van der Waals surface area contributed by atoms with E-state index in [4.69, 9.17) is 0 Å². The van der Waals surface area contributed by atoms with Gasteiger partial charge in [-0.25, -0.2) is 9.97 Å². The third-order valence-electron chi connectivity index (χ3n) is 4.11. The normalized spacial score (nSPS) is 10.6. The number of nitrogens with zero attached hydrogens (tertiary/aromatic N) is 2. The Kier molecular flexibility index (Phi) is 5.27.